The zero-order chi connectivity index (χ0) is 20.4. The van der Waals surface area contributed by atoms with Crippen molar-refractivity contribution in [1.82, 2.24) is 9.29 Å². The van der Waals surface area contributed by atoms with Gasteiger partial charge in [-0.15, -0.1) is 0 Å². The summed E-state index contributed by atoms with van der Waals surface area (Å²) in [5.74, 6) is 0.774. The molecule has 1 amide bonds. The molecule has 154 valence electrons. The van der Waals surface area contributed by atoms with Crippen molar-refractivity contribution < 1.29 is 17.9 Å². The average molecular weight is 416 g/mol. The van der Waals surface area contributed by atoms with E-state index in [1.807, 2.05) is 48.5 Å². The van der Waals surface area contributed by atoms with E-state index in [-0.39, 0.29) is 18.1 Å². The molecule has 0 aliphatic carbocycles. The van der Waals surface area contributed by atoms with Gasteiger partial charge < -0.3 is 4.74 Å². The molecule has 0 bridgehead atoms. The van der Waals surface area contributed by atoms with E-state index in [0.717, 1.165) is 24.1 Å². The fourth-order valence-electron chi connectivity index (χ4n) is 4.06. The van der Waals surface area contributed by atoms with Crippen LogP contribution in [0.25, 0.3) is 0 Å². The van der Waals surface area contributed by atoms with Crippen LogP contribution in [0, 0.1) is 0 Å². The standard InChI is InChI=1S/C21H25N3O4S/c1-29(26,27)23-12-10-17(11-13-23)19-8-5-9-20(22-19)24-18(15-28-21(24)25)14-16-6-3-2-4-7-16/h2-9,17-18H,10-15H2,1H3/t18-/m1/s1. The number of anilines is 1. The van der Waals surface area contributed by atoms with Crippen molar-refractivity contribution in [3.8, 4) is 0 Å². The Morgan fingerprint density at radius 3 is 2.48 bits per heavy atom. The minimum Gasteiger partial charge on any atom is -0.447 e. The van der Waals surface area contributed by atoms with Gasteiger partial charge in [0, 0.05) is 24.7 Å². The lowest BCUT2D eigenvalue weighted by Gasteiger charge is -2.30. The van der Waals surface area contributed by atoms with E-state index in [4.69, 9.17) is 9.72 Å². The second-order valence-corrected chi connectivity index (χ2v) is 9.63. The van der Waals surface area contributed by atoms with Crippen LogP contribution in [-0.2, 0) is 21.2 Å². The topological polar surface area (TPSA) is 79.8 Å². The van der Waals surface area contributed by atoms with Gasteiger partial charge >= 0.3 is 6.09 Å². The van der Waals surface area contributed by atoms with Gasteiger partial charge in [0.1, 0.15) is 12.4 Å². The number of aromatic nitrogens is 1. The Bertz CT molecular complexity index is 972. The summed E-state index contributed by atoms with van der Waals surface area (Å²) in [6.45, 7) is 1.34. The average Bonchev–Trinajstić information content (AvgIpc) is 3.08. The molecule has 1 aromatic heterocycles. The zero-order valence-electron chi connectivity index (χ0n) is 16.4. The molecule has 3 heterocycles. The molecule has 0 radical (unpaired) electrons. The lowest BCUT2D eigenvalue weighted by molar-refractivity contribution is 0.178. The Balaban J connectivity index is 1.51. The number of pyridine rings is 1. The molecular formula is C21H25N3O4S. The summed E-state index contributed by atoms with van der Waals surface area (Å²) in [5, 5.41) is 0. The smallest absolute Gasteiger partial charge is 0.415 e. The molecule has 8 heteroatoms. The zero-order valence-corrected chi connectivity index (χ0v) is 17.2. The fraction of sp³-hybridized carbons (Fsp3) is 0.429. The van der Waals surface area contributed by atoms with Crippen LogP contribution >= 0.6 is 0 Å². The van der Waals surface area contributed by atoms with Crippen molar-refractivity contribution >= 4 is 21.9 Å². The Labute approximate surface area is 171 Å². The number of hydrogen-bond donors (Lipinski definition) is 0. The highest BCUT2D eigenvalue weighted by Gasteiger charge is 2.35. The van der Waals surface area contributed by atoms with Crippen LogP contribution in [0.15, 0.2) is 48.5 Å². The van der Waals surface area contributed by atoms with Crippen LogP contribution in [0.1, 0.15) is 30.0 Å². The van der Waals surface area contributed by atoms with Crippen molar-refractivity contribution in [3.63, 3.8) is 0 Å². The van der Waals surface area contributed by atoms with Crippen LogP contribution < -0.4 is 4.90 Å². The number of sulfonamides is 1. The second kappa shape index (κ2) is 8.12. The first-order valence-corrected chi connectivity index (χ1v) is 11.7. The van der Waals surface area contributed by atoms with Gasteiger partial charge in [0.15, 0.2) is 0 Å². The number of nitrogens with zero attached hydrogens (tertiary/aromatic N) is 3. The molecule has 4 rings (SSSR count). The fourth-order valence-corrected chi connectivity index (χ4v) is 4.94. The molecular weight excluding hydrogens is 390 g/mol. The van der Waals surface area contributed by atoms with Gasteiger partial charge in [-0.1, -0.05) is 36.4 Å². The Hall–Kier alpha value is -2.45. The van der Waals surface area contributed by atoms with Crippen molar-refractivity contribution in [2.24, 2.45) is 0 Å². The van der Waals surface area contributed by atoms with E-state index in [1.54, 1.807) is 4.90 Å². The molecule has 0 N–H and O–H groups in total. The minimum absolute atomic E-state index is 0.0975. The summed E-state index contributed by atoms with van der Waals surface area (Å²) in [5.41, 5.74) is 2.04. The van der Waals surface area contributed by atoms with Crippen molar-refractivity contribution in [2.75, 3.05) is 30.9 Å². The van der Waals surface area contributed by atoms with Gasteiger partial charge in [0.2, 0.25) is 10.0 Å². The van der Waals surface area contributed by atoms with Crippen LogP contribution in [0.5, 0.6) is 0 Å². The van der Waals surface area contributed by atoms with Gasteiger partial charge in [-0.05, 0) is 37.0 Å². The summed E-state index contributed by atoms with van der Waals surface area (Å²) in [6.07, 6.45) is 3.02. The Kier molecular flexibility index (Phi) is 5.56. The summed E-state index contributed by atoms with van der Waals surface area (Å²) in [7, 11) is -3.15. The quantitative estimate of drug-likeness (QED) is 0.750. The normalized spacial score (nSPS) is 21.3. The van der Waals surface area contributed by atoms with E-state index in [0.29, 0.717) is 31.9 Å². The van der Waals surface area contributed by atoms with E-state index >= 15 is 0 Å². The molecule has 0 saturated carbocycles. The molecule has 2 aliphatic rings. The predicted octanol–water partition coefficient (Wildman–Crippen LogP) is 2.79. The highest BCUT2D eigenvalue weighted by Crippen LogP contribution is 2.30. The van der Waals surface area contributed by atoms with Crippen LogP contribution in [0.2, 0.25) is 0 Å². The Morgan fingerprint density at radius 1 is 1.07 bits per heavy atom. The van der Waals surface area contributed by atoms with Crippen molar-refractivity contribution in [3.05, 3.63) is 59.8 Å². The third-order valence-corrected chi connectivity index (χ3v) is 6.92. The van der Waals surface area contributed by atoms with Crippen LogP contribution in [-0.4, -0.2) is 55.8 Å². The van der Waals surface area contributed by atoms with Crippen LogP contribution in [0.4, 0.5) is 10.6 Å². The van der Waals surface area contributed by atoms with Crippen molar-refractivity contribution in [1.29, 1.82) is 0 Å². The largest absolute Gasteiger partial charge is 0.447 e. The van der Waals surface area contributed by atoms with Gasteiger partial charge in [0.05, 0.1) is 12.3 Å². The van der Waals surface area contributed by atoms with E-state index in [9.17, 15) is 13.2 Å². The molecule has 2 aromatic rings. The number of rotatable bonds is 5. The molecule has 1 aromatic carbocycles. The number of carbonyl (C=O) groups is 1. The highest BCUT2D eigenvalue weighted by molar-refractivity contribution is 7.88. The summed E-state index contributed by atoms with van der Waals surface area (Å²) in [4.78, 5) is 18.8. The lowest BCUT2D eigenvalue weighted by atomic mass is 9.94. The molecule has 2 aliphatic heterocycles. The number of carbonyl (C=O) groups excluding carboxylic acids is 1. The van der Waals surface area contributed by atoms with Gasteiger partial charge in [-0.2, -0.15) is 0 Å². The number of hydrogen-bond acceptors (Lipinski definition) is 5. The van der Waals surface area contributed by atoms with Gasteiger partial charge in [-0.3, -0.25) is 4.90 Å². The third kappa shape index (κ3) is 4.43. The summed E-state index contributed by atoms with van der Waals surface area (Å²) < 4.78 is 30.3. The molecule has 0 spiro atoms. The Morgan fingerprint density at radius 2 is 1.79 bits per heavy atom. The molecule has 2 saturated heterocycles. The maximum atomic E-state index is 12.4. The minimum atomic E-state index is -3.15. The van der Waals surface area contributed by atoms with E-state index < -0.39 is 10.0 Å². The first kappa shape index (κ1) is 19.8. The maximum absolute atomic E-state index is 12.4. The number of cyclic esters (lactones) is 1. The van der Waals surface area contributed by atoms with Crippen LogP contribution in [0.3, 0.4) is 0 Å². The monoisotopic (exact) mass is 415 g/mol. The van der Waals surface area contributed by atoms with E-state index in [1.165, 1.54) is 10.6 Å². The predicted molar refractivity (Wildman–Crippen MR) is 110 cm³/mol. The summed E-state index contributed by atoms with van der Waals surface area (Å²) >= 11 is 0. The number of piperidine rings is 1. The molecule has 7 nitrogen and oxygen atoms in total. The van der Waals surface area contributed by atoms with Crippen molar-refractivity contribution in [2.45, 2.75) is 31.2 Å². The molecule has 29 heavy (non-hydrogen) atoms. The van der Waals surface area contributed by atoms with Gasteiger partial charge in [0.25, 0.3) is 0 Å². The highest BCUT2D eigenvalue weighted by atomic mass is 32.2. The first-order chi connectivity index (χ1) is 13.9. The molecule has 0 unspecified atom stereocenters. The molecule has 1 atom stereocenters. The number of benzene rings is 1. The maximum Gasteiger partial charge on any atom is 0.415 e. The lowest BCUT2D eigenvalue weighted by Crippen LogP contribution is -2.38. The first-order valence-electron chi connectivity index (χ1n) is 9.84. The van der Waals surface area contributed by atoms with E-state index in [2.05, 4.69) is 0 Å². The SMILES string of the molecule is CS(=O)(=O)N1CCC(c2cccc(N3C(=O)OC[C@H]3Cc3ccccc3)n2)CC1. The second-order valence-electron chi connectivity index (χ2n) is 7.65. The third-order valence-electron chi connectivity index (χ3n) is 5.62. The number of ether oxygens (including phenoxy) is 1. The molecule has 2 fully saturated rings. The number of amides is 1. The summed E-state index contributed by atoms with van der Waals surface area (Å²) in [6, 6.07) is 15.6. The van der Waals surface area contributed by atoms with Gasteiger partial charge in [-0.25, -0.2) is 22.5 Å².